The Labute approximate surface area is 170 Å². The molecule has 0 aliphatic rings. The largest absolute Gasteiger partial charge is 0.415 e. The first-order valence-electron chi connectivity index (χ1n) is 8.34. The summed E-state index contributed by atoms with van der Waals surface area (Å²) in [5.41, 5.74) is 1.15. The van der Waals surface area contributed by atoms with Crippen LogP contribution in [0.1, 0.15) is 29.6 Å². The van der Waals surface area contributed by atoms with Crippen molar-refractivity contribution in [3.8, 4) is 11.5 Å². The monoisotopic (exact) mass is 443 g/mol. The Morgan fingerprint density at radius 1 is 1.14 bits per heavy atom. The summed E-state index contributed by atoms with van der Waals surface area (Å²) in [6.45, 7) is 0.146. The second-order valence-electron chi connectivity index (χ2n) is 6.21. The lowest BCUT2D eigenvalue weighted by molar-refractivity contribution is 0.116. The molecule has 0 fully saturated rings. The molecule has 0 aliphatic carbocycles. The molecule has 1 atom stereocenters. The summed E-state index contributed by atoms with van der Waals surface area (Å²) in [5.74, 6) is -0.710. The smallest absolute Gasteiger partial charge is 0.314 e. The third-order valence-electron chi connectivity index (χ3n) is 3.94. The lowest BCUT2D eigenvalue weighted by Gasteiger charge is -2.17. The average molecular weight is 444 g/mol. The number of rotatable bonds is 8. The van der Waals surface area contributed by atoms with E-state index in [1.165, 1.54) is 12.4 Å². The normalized spacial score (nSPS) is 13.0. The zero-order valence-electron chi connectivity index (χ0n) is 15.1. The molecule has 154 valence electrons. The maximum absolute atomic E-state index is 12.6. The summed E-state index contributed by atoms with van der Waals surface area (Å²) >= 11 is 5.92. The molecule has 8 nitrogen and oxygen atoms in total. The van der Waals surface area contributed by atoms with Gasteiger partial charge in [-0.15, -0.1) is 10.2 Å². The van der Waals surface area contributed by atoms with Gasteiger partial charge in [-0.25, -0.2) is 23.1 Å². The Hall–Kier alpha value is -2.50. The zero-order chi connectivity index (χ0) is 21.0. The summed E-state index contributed by atoms with van der Waals surface area (Å²) in [7, 11) is -3.38. The number of hydrogen-bond donors (Lipinski definition) is 1. The minimum Gasteiger partial charge on any atom is -0.415 e. The van der Waals surface area contributed by atoms with E-state index in [2.05, 4.69) is 24.9 Å². The molecule has 0 aliphatic heterocycles. The summed E-state index contributed by atoms with van der Waals surface area (Å²) in [6.07, 6.45) is 1.31. The van der Waals surface area contributed by atoms with Crippen molar-refractivity contribution < 1.29 is 21.6 Å². The second kappa shape index (κ2) is 8.89. The Bertz CT molecular complexity index is 1060. The number of aromatic nitrogens is 4. The van der Waals surface area contributed by atoms with Gasteiger partial charge in [-0.2, -0.15) is 8.78 Å². The summed E-state index contributed by atoms with van der Waals surface area (Å²) in [4.78, 5) is 8.41. The molecule has 0 saturated carbocycles. The predicted molar refractivity (Wildman–Crippen MR) is 101 cm³/mol. The van der Waals surface area contributed by atoms with Gasteiger partial charge in [-0.1, -0.05) is 23.7 Å². The molecule has 3 rings (SSSR count). The molecule has 2 aromatic heterocycles. The molecule has 1 aromatic carbocycles. The fourth-order valence-corrected chi connectivity index (χ4v) is 3.16. The first-order chi connectivity index (χ1) is 13.7. The fourth-order valence-electron chi connectivity index (χ4n) is 2.53. The Morgan fingerprint density at radius 3 is 2.34 bits per heavy atom. The van der Waals surface area contributed by atoms with Crippen LogP contribution in [0.5, 0.6) is 0 Å². The van der Waals surface area contributed by atoms with E-state index in [4.69, 9.17) is 16.0 Å². The highest BCUT2D eigenvalue weighted by atomic mass is 35.5. The molecule has 3 aromatic rings. The molecule has 1 N–H and O–H groups in total. The van der Waals surface area contributed by atoms with Crippen molar-refractivity contribution in [1.82, 2.24) is 24.9 Å². The van der Waals surface area contributed by atoms with Crippen molar-refractivity contribution in [2.75, 3.05) is 12.8 Å². The van der Waals surface area contributed by atoms with Crippen LogP contribution in [0.25, 0.3) is 11.5 Å². The van der Waals surface area contributed by atoms with Crippen molar-refractivity contribution in [1.29, 1.82) is 0 Å². The summed E-state index contributed by atoms with van der Waals surface area (Å²) in [6, 6.07) is 7.03. The van der Waals surface area contributed by atoms with E-state index in [1.54, 1.807) is 24.3 Å². The lowest BCUT2D eigenvalue weighted by Crippen LogP contribution is -2.28. The second-order valence-corrected chi connectivity index (χ2v) is 8.48. The van der Waals surface area contributed by atoms with E-state index in [0.717, 1.165) is 11.8 Å². The quantitative estimate of drug-likeness (QED) is 0.569. The van der Waals surface area contributed by atoms with Gasteiger partial charge in [-0.3, -0.25) is 0 Å². The molecule has 0 amide bonds. The van der Waals surface area contributed by atoms with E-state index in [1.807, 2.05) is 0 Å². The minimum atomic E-state index is -3.38. The summed E-state index contributed by atoms with van der Waals surface area (Å²) in [5, 5.41) is 7.37. The molecule has 0 bridgehead atoms. The van der Waals surface area contributed by atoms with E-state index in [0.29, 0.717) is 22.8 Å². The van der Waals surface area contributed by atoms with Crippen LogP contribution in [0.2, 0.25) is 5.02 Å². The SMILES string of the molecule is CS(=O)(=O)NCC(Cc1ncc(-c2nnc(C(F)F)o2)cn1)c1ccc(Cl)cc1. The van der Waals surface area contributed by atoms with Crippen LogP contribution < -0.4 is 4.72 Å². The standard InChI is InChI=1S/C17H16ClF2N5O3S/c1-29(26,27)23-9-11(10-2-4-13(18)5-3-10)6-14-21-7-12(8-22-14)16-24-25-17(28-16)15(19)20/h2-5,7-8,11,15,23H,6,9H2,1H3. The van der Waals surface area contributed by atoms with Crippen molar-refractivity contribution in [3.63, 3.8) is 0 Å². The molecule has 29 heavy (non-hydrogen) atoms. The predicted octanol–water partition coefficient (Wildman–Crippen LogP) is 2.99. The van der Waals surface area contributed by atoms with E-state index >= 15 is 0 Å². The van der Waals surface area contributed by atoms with Crippen LogP contribution in [0.4, 0.5) is 8.78 Å². The topological polar surface area (TPSA) is 111 Å². The molecule has 1 unspecified atom stereocenters. The Balaban J connectivity index is 1.78. The molecule has 12 heteroatoms. The lowest BCUT2D eigenvalue weighted by atomic mass is 9.95. The molecule has 0 radical (unpaired) electrons. The van der Waals surface area contributed by atoms with Gasteiger partial charge in [0, 0.05) is 36.3 Å². The first kappa shape index (κ1) is 21.2. The molecular weight excluding hydrogens is 428 g/mol. The number of hydrogen-bond acceptors (Lipinski definition) is 7. The molecule has 0 saturated heterocycles. The summed E-state index contributed by atoms with van der Waals surface area (Å²) < 4.78 is 55.4. The highest BCUT2D eigenvalue weighted by Crippen LogP contribution is 2.24. The molecule has 2 heterocycles. The highest BCUT2D eigenvalue weighted by Gasteiger charge is 2.19. The molecular formula is C17H16ClF2N5O3S. The maximum Gasteiger partial charge on any atom is 0.314 e. The van der Waals surface area contributed by atoms with Gasteiger partial charge < -0.3 is 4.42 Å². The van der Waals surface area contributed by atoms with Gasteiger partial charge in [0.25, 0.3) is 11.8 Å². The Kier molecular flexibility index (Phi) is 6.50. The van der Waals surface area contributed by atoms with E-state index in [-0.39, 0.29) is 18.4 Å². The third-order valence-corrected chi connectivity index (χ3v) is 4.88. The number of benzene rings is 1. The third kappa shape index (κ3) is 5.99. The van der Waals surface area contributed by atoms with Crippen LogP contribution in [-0.4, -0.2) is 41.4 Å². The number of nitrogens with one attached hydrogen (secondary N) is 1. The van der Waals surface area contributed by atoms with Crippen molar-refractivity contribution in [3.05, 3.63) is 59.0 Å². The number of nitrogens with zero attached hydrogens (tertiary/aromatic N) is 4. The van der Waals surface area contributed by atoms with Crippen LogP contribution in [0.15, 0.2) is 41.1 Å². The van der Waals surface area contributed by atoms with E-state index < -0.39 is 22.3 Å². The van der Waals surface area contributed by atoms with Crippen LogP contribution in [0, 0.1) is 0 Å². The van der Waals surface area contributed by atoms with Gasteiger partial charge in [0.1, 0.15) is 5.82 Å². The Morgan fingerprint density at radius 2 is 1.79 bits per heavy atom. The van der Waals surface area contributed by atoms with E-state index in [9.17, 15) is 17.2 Å². The van der Waals surface area contributed by atoms with Crippen LogP contribution in [0.3, 0.4) is 0 Å². The minimum absolute atomic E-state index is 0.111. The first-order valence-corrected chi connectivity index (χ1v) is 10.6. The zero-order valence-corrected chi connectivity index (χ0v) is 16.7. The maximum atomic E-state index is 12.6. The highest BCUT2D eigenvalue weighted by molar-refractivity contribution is 7.88. The molecule has 0 spiro atoms. The van der Waals surface area contributed by atoms with Crippen molar-refractivity contribution in [2.45, 2.75) is 18.8 Å². The van der Waals surface area contributed by atoms with Gasteiger partial charge in [0.05, 0.1) is 11.8 Å². The average Bonchev–Trinajstić information content (AvgIpc) is 3.16. The van der Waals surface area contributed by atoms with Gasteiger partial charge in [0.2, 0.25) is 10.0 Å². The van der Waals surface area contributed by atoms with Gasteiger partial charge >= 0.3 is 6.43 Å². The van der Waals surface area contributed by atoms with Crippen molar-refractivity contribution in [2.24, 2.45) is 0 Å². The number of halogens is 3. The van der Waals surface area contributed by atoms with Crippen molar-refractivity contribution >= 4 is 21.6 Å². The van der Waals surface area contributed by atoms with Crippen LogP contribution in [-0.2, 0) is 16.4 Å². The number of sulfonamides is 1. The van der Waals surface area contributed by atoms with Gasteiger partial charge in [-0.05, 0) is 17.7 Å². The number of alkyl halides is 2. The van der Waals surface area contributed by atoms with Crippen LogP contribution >= 0.6 is 11.6 Å². The van der Waals surface area contributed by atoms with Gasteiger partial charge in [0.15, 0.2) is 0 Å². The fraction of sp³-hybridized carbons (Fsp3) is 0.294.